The summed E-state index contributed by atoms with van der Waals surface area (Å²) in [6, 6.07) is 1.96. The summed E-state index contributed by atoms with van der Waals surface area (Å²) in [5, 5.41) is 0. The van der Waals surface area contributed by atoms with Gasteiger partial charge in [-0.1, -0.05) is 6.07 Å². The maximum atomic E-state index is 12.3. The molecule has 0 fully saturated rings. The maximum absolute atomic E-state index is 12.3. The van der Waals surface area contributed by atoms with E-state index in [1.165, 1.54) is 18.2 Å². The van der Waals surface area contributed by atoms with Gasteiger partial charge in [-0.2, -0.15) is 13.2 Å². The van der Waals surface area contributed by atoms with Gasteiger partial charge in [0.15, 0.2) is 11.5 Å². The summed E-state index contributed by atoms with van der Waals surface area (Å²) < 4.78 is 46.8. The lowest BCUT2D eigenvalue weighted by Crippen LogP contribution is -2.28. The monoisotopic (exact) mass is 255 g/mol. The molecule has 0 saturated heterocycles. The molecule has 90 valence electrons. The lowest BCUT2D eigenvalue weighted by atomic mass is 10.1. The van der Waals surface area contributed by atoms with E-state index in [1.54, 1.807) is 0 Å². The highest BCUT2D eigenvalue weighted by Gasteiger charge is 2.38. The molecule has 1 aromatic rings. The third kappa shape index (κ3) is 2.33. The average molecular weight is 256 g/mol. The van der Waals surface area contributed by atoms with Crippen molar-refractivity contribution in [2.45, 2.75) is 12.2 Å². The van der Waals surface area contributed by atoms with Gasteiger partial charge in [-0.15, -0.1) is 12.4 Å². The molecule has 0 unspecified atom stereocenters. The van der Waals surface area contributed by atoms with E-state index in [-0.39, 0.29) is 24.8 Å². The zero-order chi connectivity index (χ0) is 11.1. The molecule has 0 amide bonds. The molecule has 0 aliphatic carbocycles. The third-order valence-corrected chi connectivity index (χ3v) is 2.11. The van der Waals surface area contributed by atoms with Gasteiger partial charge in [0.25, 0.3) is 0 Å². The van der Waals surface area contributed by atoms with Crippen molar-refractivity contribution < 1.29 is 22.6 Å². The highest BCUT2D eigenvalue weighted by atomic mass is 35.5. The number of alkyl halides is 3. The summed E-state index contributed by atoms with van der Waals surface area (Å²) in [4.78, 5) is 0. The van der Waals surface area contributed by atoms with Crippen molar-refractivity contribution in [2.24, 2.45) is 5.73 Å². The normalized spacial score (nSPS) is 15.5. The van der Waals surface area contributed by atoms with E-state index in [4.69, 9.17) is 15.2 Å². The molecular weight excluding hydrogens is 247 g/mol. The molecule has 1 aromatic carbocycles. The van der Waals surface area contributed by atoms with Crippen LogP contribution < -0.4 is 15.2 Å². The summed E-state index contributed by atoms with van der Waals surface area (Å²) in [5.41, 5.74) is 5.01. The van der Waals surface area contributed by atoms with Gasteiger partial charge in [0.2, 0.25) is 6.79 Å². The number of halogens is 4. The van der Waals surface area contributed by atoms with E-state index in [0.29, 0.717) is 11.5 Å². The molecule has 3 nitrogen and oxygen atoms in total. The van der Waals surface area contributed by atoms with Crippen LogP contribution in [0.25, 0.3) is 0 Å². The Balaban J connectivity index is 0.00000128. The topological polar surface area (TPSA) is 44.5 Å². The lowest BCUT2D eigenvalue weighted by Gasteiger charge is -2.15. The zero-order valence-corrected chi connectivity index (χ0v) is 8.77. The molecular formula is C9H9ClF3NO2. The molecule has 0 aromatic heterocycles. The fourth-order valence-corrected chi connectivity index (χ4v) is 1.30. The number of hydrogen-bond donors (Lipinski definition) is 1. The maximum Gasteiger partial charge on any atom is 0.407 e. The SMILES string of the molecule is Cl.N[C@H](c1ccc2c(c1)OCO2)C(F)(F)F. The van der Waals surface area contributed by atoms with Gasteiger partial charge < -0.3 is 15.2 Å². The van der Waals surface area contributed by atoms with Crippen molar-refractivity contribution in [3.8, 4) is 11.5 Å². The predicted molar refractivity (Wildman–Crippen MR) is 52.8 cm³/mol. The molecule has 16 heavy (non-hydrogen) atoms. The molecule has 7 heteroatoms. The first kappa shape index (κ1) is 12.9. The predicted octanol–water partition coefficient (Wildman–Crippen LogP) is 2.40. The summed E-state index contributed by atoms with van der Waals surface area (Å²) in [6.07, 6.45) is -4.45. The molecule has 1 aliphatic rings. The van der Waals surface area contributed by atoms with Crippen molar-refractivity contribution in [3.05, 3.63) is 23.8 Å². The second kappa shape index (κ2) is 4.39. The lowest BCUT2D eigenvalue weighted by molar-refractivity contribution is -0.149. The summed E-state index contributed by atoms with van der Waals surface area (Å²) in [7, 11) is 0. The Morgan fingerprint density at radius 3 is 2.44 bits per heavy atom. The summed E-state index contributed by atoms with van der Waals surface area (Å²) >= 11 is 0. The van der Waals surface area contributed by atoms with E-state index >= 15 is 0 Å². The van der Waals surface area contributed by atoms with Gasteiger partial charge in [-0.05, 0) is 17.7 Å². The molecule has 0 spiro atoms. The highest BCUT2D eigenvalue weighted by molar-refractivity contribution is 5.85. The van der Waals surface area contributed by atoms with Crippen molar-refractivity contribution in [3.63, 3.8) is 0 Å². The molecule has 0 saturated carbocycles. The highest BCUT2D eigenvalue weighted by Crippen LogP contribution is 2.37. The quantitative estimate of drug-likeness (QED) is 0.838. The Bertz CT molecular complexity index is 384. The first-order chi connectivity index (χ1) is 6.98. The summed E-state index contributed by atoms with van der Waals surface area (Å²) in [5.74, 6) is 0.736. The van der Waals surface area contributed by atoms with E-state index in [9.17, 15) is 13.2 Å². The van der Waals surface area contributed by atoms with Gasteiger partial charge in [0, 0.05) is 0 Å². The van der Waals surface area contributed by atoms with Gasteiger partial charge in [-0.25, -0.2) is 0 Å². The minimum atomic E-state index is -4.45. The van der Waals surface area contributed by atoms with Crippen LogP contribution >= 0.6 is 12.4 Å². The number of benzene rings is 1. The molecule has 1 atom stereocenters. The van der Waals surface area contributed by atoms with Crippen LogP contribution in [0.1, 0.15) is 11.6 Å². The Hall–Kier alpha value is -1.14. The van der Waals surface area contributed by atoms with Crippen molar-refractivity contribution in [2.75, 3.05) is 6.79 Å². The van der Waals surface area contributed by atoms with Gasteiger partial charge >= 0.3 is 6.18 Å². The number of hydrogen-bond acceptors (Lipinski definition) is 3. The van der Waals surface area contributed by atoms with Crippen LogP contribution in [0.15, 0.2) is 18.2 Å². The second-order valence-corrected chi connectivity index (χ2v) is 3.13. The Kier molecular flexibility index (Phi) is 3.54. The average Bonchev–Trinajstić information content (AvgIpc) is 2.61. The van der Waals surface area contributed by atoms with Crippen molar-refractivity contribution in [1.82, 2.24) is 0 Å². The number of nitrogens with two attached hydrogens (primary N) is 1. The van der Waals surface area contributed by atoms with Crippen molar-refractivity contribution in [1.29, 1.82) is 0 Å². The van der Waals surface area contributed by atoms with Crippen LogP contribution in [0, 0.1) is 0 Å². The van der Waals surface area contributed by atoms with Crippen LogP contribution in [-0.4, -0.2) is 13.0 Å². The minimum Gasteiger partial charge on any atom is -0.454 e. The number of ether oxygens (including phenoxy) is 2. The molecule has 0 radical (unpaired) electrons. The Morgan fingerprint density at radius 1 is 1.19 bits per heavy atom. The van der Waals surface area contributed by atoms with E-state index in [2.05, 4.69) is 0 Å². The van der Waals surface area contributed by atoms with Crippen LogP contribution in [0.2, 0.25) is 0 Å². The Morgan fingerprint density at radius 2 is 1.81 bits per heavy atom. The fraction of sp³-hybridized carbons (Fsp3) is 0.333. The summed E-state index contributed by atoms with van der Waals surface area (Å²) in [6.45, 7) is 0.0278. The fourth-order valence-electron chi connectivity index (χ4n) is 1.30. The van der Waals surface area contributed by atoms with E-state index in [1.807, 2.05) is 0 Å². The number of rotatable bonds is 1. The molecule has 2 rings (SSSR count). The second-order valence-electron chi connectivity index (χ2n) is 3.13. The smallest absolute Gasteiger partial charge is 0.407 e. The van der Waals surface area contributed by atoms with Gasteiger partial charge in [-0.3, -0.25) is 0 Å². The van der Waals surface area contributed by atoms with Crippen molar-refractivity contribution >= 4 is 12.4 Å². The van der Waals surface area contributed by atoms with Crippen LogP contribution in [0.5, 0.6) is 11.5 Å². The van der Waals surface area contributed by atoms with Crippen LogP contribution in [-0.2, 0) is 0 Å². The van der Waals surface area contributed by atoms with E-state index < -0.39 is 12.2 Å². The third-order valence-electron chi connectivity index (χ3n) is 2.11. The first-order valence-electron chi connectivity index (χ1n) is 4.20. The Labute approximate surface area is 95.7 Å². The largest absolute Gasteiger partial charge is 0.454 e. The van der Waals surface area contributed by atoms with Crippen LogP contribution in [0.3, 0.4) is 0 Å². The molecule has 1 heterocycles. The van der Waals surface area contributed by atoms with Crippen LogP contribution in [0.4, 0.5) is 13.2 Å². The zero-order valence-electron chi connectivity index (χ0n) is 7.95. The first-order valence-corrected chi connectivity index (χ1v) is 4.20. The van der Waals surface area contributed by atoms with Gasteiger partial charge in [0.05, 0.1) is 0 Å². The van der Waals surface area contributed by atoms with E-state index in [0.717, 1.165) is 0 Å². The molecule has 2 N–H and O–H groups in total. The standard InChI is InChI=1S/C9H8F3NO2.ClH/c10-9(11,12)8(13)5-1-2-6-7(3-5)15-4-14-6;/h1-3,8H,4,13H2;1H/t8-;/m1./s1. The molecule has 1 aliphatic heterocycles. The van der Waals surface area contributed by atoms with Gasteiger partial charge in [0.1, 0.15) is 6.04 Å². The molecule has 0 bridgehead atoms. The number of fused-ring (bicyclic) bond motifs is 1. The minimum absolute atomic E-state index is 0.